The summed E-state index contributed by atoms with van der Waals surface area (Å²) in [7, 11) is -3.57. The van der Waals surface area contributed by atoms with Crippen LogP contribution in [0.1, 0.15) is 6.42 Å². The maximum absolute atomic E-state index is 12.1. The van der Waals surface area contributed by atoms with Crippen LogP contribution in [0.15, 0.2) is 48.5 Å². The first-order valence-electron chi connectivity index (χ1n) is 7.05. The number of nitrogens with zero attached hydrogens (tertiary/aromatic N) is 1. The zero-order valence-corrected chi connectivity index (χ0v) is 15.2. The molecule has 0 atom stereocenters. The van der Waals surface area contributed by atoms with Crippen molar-refractivity contribution in [2.24, 2.45) is 0 Å². The fourth-order valence-corrected chi connectivity index (χ4v) is 3.53. The lowest BCUT2D eigenvalue weighted by atomic mass is 10.3. The van der Waals surface area contributed by atoms with E-state index in [1.54, 1.807) is 48.5 Å². The first kappa shape index (κ1) is 18.6. The summed E-state index contributed by atoms with van der Waals surface area (Å²) in [6.07, 6.45) is 1.05. The predicted molar refractivity (Wildman–Crippen MR) is 98.3 cm³/mol. The van der Waals surface area contributed by atoms with Crippen LogP contribution in [0.25, 0.3) is 0 Å². The topological polar surface area (TPSA) is 66.5 Å². The average molecular weight is 387 g/mol. The number of nitrogens with one attached hydrogen (secondary N) is 1. The van der Waals surface area contributed by atoms with Crippen molar-refractivity contribution in [1.82, 2.24) is 0 Å². The Hall–Kier alpha value is -1.76. The van der Waals surface area contributed by atoms with E-state index in [1.807, 2.05) is 0 Å². The van der Waals surface area contributed by atoms with Gasteiger partial charge in [-0.2, -0.15) is 0 Å². The van der Waals surface area contributed by atoms with Gasteiger partial charge in [-0.05, 0) is 30.3 Å². The van der Waals surface area contributed by atoms with E-state index in [0.717, 1.165) is 10.6 Å². The molecule has 0 heterocycles. The average Bonchev–Trinajstić information content (AvgIpc) is 2.48. The van der Waals surface area contributed by atoms with Gasteiger partial charge in [0.1, 0.15) is 0 Å². The van der Waals surface area contributed by atoms with E-state index in [-0.39, 0.29) is 18.9 Å². The number of sulfonamides is 1. The number of rotatable bonds is 6. The Morgan fingerprint density at radius 1 is 1.12 bits per heavy atom. The summed E-state index contributed by atoms with van der Waals surface area (Å²) < 4.78 is 25.2. The van der Waals surface area contributed by atoms with Gasteiger partial charge in [0.2, 0.25) is 15.9 Å². The van der Waals surface area contributed by atoms with Gasteiger partial charge in [0, 0.05) is 23.7 Å². The van der Waals surface area contributed by atoms with Crippen molar-refractivity contribution in [2.45, 2.75) is 6.42 Å². The second-order valence-corrected chi connectivity index (χ2v) is 7.85. The predicted octanol–water partition coefficient (Wildman–Crippen LogP) is 3.79. The van der Waals surface area contributed by atoms with Crippen LogP contribution in [-0.4, -0.2) is 27.1 Å². The molecule has 0 unspecified atom stereocenters. The van der Waals surface area contributed by atoms with Crippen molar-refractivity contribution in [3.63, 3.8) is 0 Å². The number of anilines is 2. The van der Waals surface area contributed by atoms with Crippen LogP contribution in [0, 0.1) is 0 Å². The highest BCUT2D eigenvalue weighted by atomic mass is 35.5. The summed E-state index contributed by atoms with van der Waals surface area (Å²) in [6, 6.07) is 13.3. The number of hydrogen-bond acceptors (Lipinski definition) is 3. The summed E-state index contributed by atoms with van der Waals surface area (Å²) in [5, 5.41) is 3.48. The number of hydrogen-bond donors (Lipinski definition) is 1. The molecule has 24 heavy (non-hydrogen) atoms. The van der Waals surface area contributed by atoms with Gasteiger partial charge in [0.05, 0.1) is 17.0 Å². The van der Waals surface area contributed by atoms with Gasteiger partial charge in [0.25, 0.3) is 0 Å². The standard InChI is InChI=1S/C16H16Cl2N2O3S/c1-24(22,23)20(15-8-3-2-7-14(15)18)10-9-16(21)19-13-6-4-5-12(17)11-13/h2-8,11H,9-10H2,1H3,(H,19,21). The molecule has 0 spiro atoms. The highest BCUT2D eigenvalue weighted by Crippen LogP contribution is 2.27. The summed E-state index contributed by atoms with van der Waals surface area (Å²) >= 11 is 11.9. The molecule has 0 fully saturated rings. The van der Waals surface area contributed by atoms with Crippen LogP contribution in [0.2, 0.25) is 10.0 Å². The van der Waals surface area contributed by atoms with Crippen LogP contribution in [0.4, 0.5) is 11.4 Å². The van der Waals surface area contributed by atoms with E-state index in [1.165, 1.54) is 0 Å². The molecule has 0 saturated heterocycles. The molecule has 2 rings (SSSR count). The number of halogens is 2. The lowest BCUT2D eigenvalue weighted by molar-refractivity contribution is -0.116. The Balaban J connectivity index is 2.09. The Labute approximate surface area is 151 Å². The van der Waals surface area contributed by atoms with Crippen LogP contribution in [0.5, 0.6) is 0 Å². The SMILES string of the molecule is CS(=O)(=O)N(CCC(=O)Nc1cccc(Cl)c1)c1ccccc1Cl. The summed E-state index contributed by atoms with van der Waals surface area (Å²) in [5.74, 6) is -0.321. The molecule has 0 saturated carbocycles. The minimum absolute atomic E-state index is 0.0189. The molecule has 0 radical (unpaired) electrons. The fraction of sp³-hybridized carbons (Fsp3) is 0.188. The van der Waals surface area contributed by atoms with Gasteiger partial charge in [-0.15, -0.1) is 0 Å². The fourth-order valence-electron chi connectivity index (χ4n) is 2.11. The highest BCUT2D eigenvalue weighted by molar-refractivity contribution is 7.92. The van der Waals surface area contributed by atoms with Crippen LogP contribution >= 0.6 is 23.2 Å². The van der Waals surface area contributed by atoms with Crippen molar-refractivity contribution in [3.05, 3.63) is 58.6 Å². The minimum Gasteiger partial charge on any atom is -0.326 e. The molecule has 8 heteroatoms. The third-order valence-corrected chi connectivity index (χ3v) is 4.91. The van der Waals surface area contributed by atoms with Gasteiger partial charge < -0.3 is 5.32 Å². The van der Waals surface area contributed by atoms with Gasteiger partial charge in [0.15, 0.2) is 0 Å². The Bertz CT molecular complexity index is 841. The van der Waals surface area contributed by atoms with Gasteiger partial charge in [-0.25, -0.2) is 8.42 Å². The van der Waals surface area contributed by atoms with E-state index in [4.69, 9.17) is 23.2 Å². The van der Waals surface area contributed by atoms with Crippen LogP contribution < -0.4 is 9.62 Å². The third-order valence-electron chi connectivity index (χ3n) is 3.17. The molecular formula is C16H16Cl2N2O3S. The zero-order chi connectivity index (χ0) is 17.7. The zero-order valence-electron chi connectivity index (χ0n) is 12.9. The third kappa shape index (κ3) is 5.12. The summed E-state index contributed by atoms with van der Waals surface area (Å²) in [6.45, 7) is -0.0189. The van der Waals surface area contributed by atoms with Crippen LogP contribution in [-0.2, 0) is 14.8 Å². The van der Waals surface area contributed by atoms with E-state index >= 15 is 0 Å². The van der Waals surface area contributed by atoms with E-state index in [9.17, 15) is 13.2 Å². The van der Waals surface area contributed by atoms with Gasteiger partial charge >= 0.3 is 0 Å². The second kappa shape index (κ2) is 7.88. The highest BCUT2D eigenvalue weighted by Gasteiger charge is 2.20. The van der Waals surface area contributed by atoms with Crippen molar-refractivity contribution in [1.29, 1.82) is 0 Å². The lowest BCUT2D eigenvalue weighted by Crippen LogP contribution is -2.33. The van der Waals surface area contributed by atoms with Crippen molar-refractivity contribution >= 4 is 50.5 Å². The quantitative estimate of drug-likeness (QED) is 0.820. The number of benzene rings is 2. The Morgan fingerprint density at radius 3 is 2.46 bits per heavy atom. The molecule has 0 aromatic heterocycles. The molecule has 1 amide bonds. The van der Waals surface area contributed by atoms with Crippen molar-refractivity contribution in [2.75, 3.05) is 22.4 Å². The Kier molecular flexibility index (Phi) is 6.10. The van der Waals surface area contributed by atoms with Gasteiger partial charge in [-0.3, -0.25) is 9.10 Å². The molecular weight excluding hydrogens is 371 g/mol. The molecule has 5 nitrogen and oxygen atoms in total. The smallest absolute Gasteiger partial charge is 0.232 e. The van der Waals surface area contributed by atoms with Crippen molar-refractivity contribution < 1.29 is 13.2 Å². The molecule has 2 aromatic carbocycles. The summed E-state index contributed by atoms with van der Waals surface area (Å²) in [5.41, 5.74) is 0.897. The van der Waals surface area contributed by atoms with E-state index < -0.39 is 10.0 Å². The molecule has 0 aliphatic carbocycles. The monoisotopic (exact) mass is 386 g/mol. The first-order chi connectivity index (χ1) is 11.3. The minimum atomic E-state index is -3.57. The Morgan fingerprint density at radius 2 is 1.83 bits per heavy atom. The first-order valence-corrected chi connectivity index (χ1v) is 9.65. The molecule has 128 valence electrons. The molecule has 1 N–H and O–H groups in total. The normalized spacial score (nSPS) is 11.1. The maximum atomic E-state index is 12.1. The van der Waals surface area contributed by atoms with Crippen molar-refractivity contribution in [3.8, 4) is 0 Å². The van der Waals surface area contributed by atoms with Crippen LogP contribution in [0.3, 0.4) is 0 Å². The number of amides is 1. The maximum Gasteiger partial charge on any atom is 0.232 e. The van der Waals surface area contributed by atoms with Gasteiger partial charge in [-0.1, -0.05) is 41.4 Å². The lowest BCUT2D eigenvalue weighted by Gasteiger charge is -2.23. The van der Waals surface area contributed by atoms with E-state index in [2.05, 4.69) is 5.32 Å². The largest absolute Gasteiger partial charge is 0.326 e. The number of para-hydroxylation sites is 1. The van der Waals surface area contributed by atoms with E-state index in [0.29, 0.717) is 21.4 Å². The molecule has 0 bridgehead atoms. The molecule has 0 aliphatic heterocycles. The molecule has 2 aromatic rings. The number of carbonyl (C=O) groups excluding carboxylic acids is 1. The summed E-state index contributed by atoms with van der Waals surface area (Å²) in [4.78, 5) is 12.1. The number of carbonyl (C=O) groups is 1. The second-order valence-electron chi connectivity index (χ2n) is 5.10. The molecule has 0 aliphatic rings.